The number of rotatable bonds is 2. The molecular formula is C15H18N4O3. The third-order valence-corrected chi connectivity index (χ3v) is 4.58. The van der Waals surface area contributed by atoms with Gasteiger partial charge in [0.2, 0.25) is 5.91 Å². The van der Waals surface area contributed by atoms with E-state index in [1.807, 2.05) is 0 Å². The molecular weight excluding hydrogens is 284 g/mol. The molecule has 0 atom stereocenters. The average Bonchev–Trinajstić information content (AvgIpc) is 2.88. The van der Waals surface area contributed by atoms with E-state index in [2.05, 4.69) is 10.3 Å². The fourth-order valence-corrected chi connectivity index (χ4v) is 3.23. The lowest BCUT2D eigenvalue weighted by molar-refractivity contribution is -0.119. The van der Waals surface area contributed by atoms with E-state index in [0.29, 0.717) is 26.1 Å². The number of likely N-dealkylation sites (tertiary alicyclic amines) is 1. The summed E-state index contributed by atoms with van der Waals surface area (Å²) in [6.45, 7) is 1.83. The average molecular weight is 302 g/mol. The Bertz CT molecular complexity index is 635. The van der Waals surface area contributed by atoms with Crippen LogP contribution in [0.25, 0.3) is 0 Å². The maximum absolute atomic E-state index is 12.6. The summed E-state index contributed by atoms with van der Waals surface area (Å²) < 4.78 is 0. The molecule has 7 heteroatoms. The number of aromatic nitrogens is 1. The molecule has 22 heavy (non-hydrogen) atoms. The summed E-state index contributed by atoms with van der Waals surface area (Å²) in [4.78, 5) is 41.0. The Hall–Kier alpha value is -2.44. The molecule has 0 aliphatic carbocycles. The number of primary amides is 1. The minimum Gasteiger partial charge on any atom is -0.364 e. The van der Waals surface area contributed by atoms with E-state index in [4.69, 9.17) is 5.73 Å². The van der Waals surface area contributed by atoms with Crippen LogP contribution in [0.2, 0.25) is 0 Å². The Kier molecular flexibility index (Phi) is 3.56. The first-order chi connectivity index (χ1) is 10.5. The number of amides is 3. The second kappa shape index (κ2) is 5.40. The summed E-state index contributed by atoms with van der Waals surface area (Å²) in [5, 5.41) is 2.87. The van der Waals surface area contributed by atoms with Gasteiger partial charge in [-0.2, -0.15) is 0 Å². The van der Waals surface area contributed by atoms with Crippen molar-refractivity contribution < 1.29 is 14.4 Å². The Balaban J connectivity index is 1.73. The van der Waals surface area contributed by atoms with Crippen molar-refractivity contribution in [3.8, 4) is 0 Å². The second-order valence-electron chi connectivity index (χ2n) is 6.01. The molecule has 0 radical (unpaired) electrons. The van der Waals surface area contributed by atoms with Gasteiger partial charge < -0.3 is 16.0 Å². The molecule has 2 fully saturated rings. The number of hydrogen-bond acceptors (Lipinski definition) is 4. The first-order valence-electron chi connectivity index (χ1n) is 7.32. The van der Waals surface area contributed by atoms with Crippen molar-refractivity contribution in [2.75, 3.05) is 19.6 Å². The van der Waals surface area contributed by atoms with E-state index in [0.717, 1.165) is 12.8 Å². The van der Waals surface area contributed by atoms with Crippen molar-refractivity contribution in [1.29, 1.82) is 0 Å². The summed E-state index contributed by atoms with van der Waals surface area (Å²) in [6.07, 6.45) is 3.54. The number of nitrogens with zero attached hydrogens (tertiary/aromatic N) is 2. The highest BCUT2D eigenvalue weighted by Gasteiger charge is 2.41. The second-order valence-corrected chi connectivity index (χ2v) is 6.01. The van der Waals surface area contributed by atoms with Crippen molar-refractivity contribution in [3.63, 3.8) is 0 Å². The molecule has 1 aromatic rings. The fraction of sp³-hybridized carbons (Fsp3) is 0.467. The number of hydrogen-bond donors (Lipinski definition) is 2. The van der Waals surface area contributed by atoms with Crippen molar-refractivity contribution in [2.45, 2.75) is 19.3 Å². The molecule has 1 spiro atoms. The molecule has 2 aliphatic heterocycles. The molecule has 2 aliphatic rings. The molecule has 0 bridgehead atoms. The lowest BCUT2D eigenvalue weighted by atomic mass is 9.77. The predicted octanol–water partition coefficient (Wildman–Crippen LogP) is -0.0772. The van der Waals surface area contributed by atoms with E-state index >= 15 is 0 Å². The molecule has 0 saturated carbocycles. The highest BCUT2D eigenvalue weighted by Crippen LogP contribution is 2.37. The number of carbonyl (C=O) groups excluding carboxylic acids is 3. The van der Waals surface area contributed by atoms with Crippen LogP contribution in [0.5, 0.6) is 0 Å². The van der Waals surface area contributed by atoms with Gasteiger partial charge in [-0.3, -0.25) is 19.4 Å². The molecule has 3 heterocycles. The topological polar surface area (TPSA) is 105 Å². The third kappa shape index (κ3) is 2.54. The lowest BCUT2D eigenvalue weighted by Crippen LogP contribution is -2.44. The summed E-state index contributed by atoms with van der Waals surface area (Å²) >= 11 is 0. The zero-order valence-electron chi connectivity index (χ0n) is 12.2. The summed E-state index contributed by atoms with van der Waals surface area (Å²) in [5.74, 6) is -0.847. The van der Waals surface area contributed by atoms with E-state index in [-0.39, 0.29) is 28.5 Å². The van der Waals surface area contributed by atoms with Crippen LogP contribution in [-0.2, 0) is 4.79 Å². The van der Waals surface area contributed by atoms with Crippen LogP contribution >= 0.6 is 0 Å². The van der Waals surface area contributed by atoms with Crippen LogP contribution in [0.1, 0.15) is 40.1 Å². The Labute approximate surface area is 127 Å². The largest absolute Gasteiger partial charge is 0.364 e. The van der Waals surface area contributed by atoms with Crippen LogP contribution < -0.4 is 11.1 Å². The SMILES string of the molecule is NC(=O)c1ncccc1C(=O)N1CCC2(CC1)CNC(=O)C2. The summed E-state index contributed by atoms with van der Waals surface area (Å²) in [7, 11) is 0. The van der Waals surface area contributed by atoms with Crippen molar-refractivity contribution in [1.82, 2.24) is 15.2 Å². The monoisotopic (exact) mass is 302 g/mol. The quantitative estimate of drug-likeness (QED) is 0.797. The van der Waals surface area contributed by atoms with E-state index < -0.39 is 5.91 Å². The number of nitrogens with one attached hydrogen (secondary N) is 1. The zero-order chi connectivity index (χ0) is 15.7. The molecule has 1 aromatic heterocycles. The van der Waals surface area contributed by atoms with E-state index in [9.17, 15) is 14.4 Å². The molecule has 0 unspecified atom stereocenters. The maximum Gasteiger partial charge on any atom is 0.268 e. The Morgan fingerprint density at radius 3 is 2.64 bits per heavy atom. The van der Waals surface area contributed by atoms with Gasteiger partial charge in [0.25, 0.3) is 11.8 Å². The van der Waals surface area contributed by atoms with Gasteiger partial charge >= 0.3 is 0 Å². The number of piperidine rings is 1. The molecule has 2 saturated heterocycles. The highest BCUT2D eigenvalue weighted by atomic mass is 16.2. The van der Waals surface area contributed by atoms with Crippen molar-refractivity contribution in [3.05, 3.63) is 29.6 Å². The van der Waals surface area contributed by atoms with E-state index in [1.165, 1.54) is 6.20 Å². The zero-order valence-corrected chi connectivity index (χ0v) is 12.2. The summed E-state index contributed by atoms with van der Waals surface area (Å²) in [5.41, 5.74) is 5.50. The number of pyridine rings is 1. The first kappa shape index (κ1) is 14.5. The standard InChI is InChI=1S/C15H18N4O3/c16-13(21)12-10(2-1-5-17-12)14(22)19-6-3-15(4-7-19)8-11(20)18-9-15/h1-2,5H,3-4,6-9H2,(H2,16,21)(H,18,20). The van der Waals surface area contributed by atoms with Gasteiger partial charge in [-0.1, -0.05) is 0 Å². The van der Waals surface area contributed by atoms with Gasteiger partial charge in [0, 0.05) is 32.3 Å². The Morgan fingerprint density at radius 2 is 2.05 bits per heavy atom. The van der Waals surface area contributed by atoms with Crippen LogP contribution in [-0.4, -0.2) is 47.2 Å². The van der Waals surface area contributed by atoms with Gasteiger partial charge in [0.15, 0.2) is 0 Å². The minimum atomic E-state index is -0.706. The van der Waals surface area contributed by atoms with Gasteiger partial charge in [-0.15, -0.1) is 0 Å². The fourth-order valence-electron chi connectivity index (χ4n) is 3.23. The van der Waals surface area contributed by atoms with Crippen LogP contribution in [0, 0.1) is 5.41 Å². The maximum atomic E-state index is 12.6. The van der Waals surface area contributed by atoms with Gasteiger partial charge in [0.1, 0.15) is 5.69 Å². The Morgan fingerprint density at radius 1 is 1.32 bits per heavy atom. The minimum absolute atomic E-state index is 0.00509. The predicted molar refractivity (Wildman–Crippen MR) is 78.0 cm³/mol. The van der Waals surface area contributed by atoms with Crippen LogP contribution in [0.3, 0.4) is 0 Å². The molecule has 3 rings (SSSR count). The van der Waals surface area contributed by atoms with Crippen molar-refractivity contribution in [2.24, 2.45) is 11.1 Å². The lowest BCUT2D eigenvalue weighted by Gasteiger charge is -2.38. The van der Waals surface area contributed by atoms with Gasteiger partial charge in [-0.25, -0.2) is 0 Å². The molecule has 116 valence electrons. The third-order valence-electron chi connectivity index (χ3n) is 4.58. The molecule has 7 nitrogen and oxygen atoms in total. The highest BCUT2D eigenvalue weighted by molar-refractivity contribution is 6.05. The first-order valence-corrected chi connectivity index (χ1v) is 7.32. The number of carbonyl (C=O) groups is 3. The summed E-state index contributed by atoms with van der Waals surface area (Å²) in [6, 6.07) is 3.19. The normalized spacial score (nSPS) is 20.0. The molecule has 0 aromatic carbocycles. The smallest absolute Gasteiger partial charge is 0.268 e. The van der Waals surface area contributed by atoms with E-state index in [1.54, 1.807) is 17.0 Å². The molecule has 3 N–H and O–H groups in total. The molecule has 3 amide bonds. The number of nitrogens with two attached hydrogens (primary N) is 1. The van der Waals surface area contributed by atoms with Gasteiger partial charge in [-0.05, 0) is 30.4 Å². The van der Waals surface area contributed by atoms with Crippen LogP contribution in [0.4, 0.5) is 0 Å². The van der Waals surface area contributed by atoms with Crippen molar-refractivity contribution >= 4 is 17.7 Å². The van der Waals surface area contributed by atoms with Crippen LogP contribution in [0.15, 0.2) is 18.3 Å². The van der Waals surface area contributed by atoms with Gasteiger partial charge in [0.05, 0.1) is 5.56 Å².